The van der Waals surface area contributed by atoms with Crippen LogP contribution in [0.25, 0.3) is 0 Å². The van der Waals surface area contributed by atoms with E-state index in [1.54, 1.807) is 25.1 Å². The highest BCUT2D eigenvalue weighted by molar-refractivity contribution is 8.04. The van der Waals surface area contributed by atoms with Gasteiger partial charge >= 0.3 is 0 Å². The number of carbonyl (C=O) groups is 3. The minimum atomic E-state index is -0.755. The maximum absolute atomic E-state index is 12.7. The molecule has 3 rings (SSSR count). The molecule has 28 heavy (non-hydrogen) atoms. The second kappa shape index (κ2) is 7.87. The molecule has 0 bridgehead atoms. The van der Waals surface area contributed by atoms with Crippen LogP contribution in [-0.2, 0) is 14.4 Å². The molecule has 0 aliphatic carbocycles. The number of nitrogens with zero attached hydrogens (tertiary/aromatic N) is 1. The van der Waals surface area contributed by atoms with Crippen molar-refractivity contribution in [3.63, 3.8) is 0 Å². The average molecular weight is 404 g/mol. The molecule has 0 aromatic heterocycles. The van der Waals surface area contributed by atoms with Crippen LogP contribution in [0.3, 0.4) is 0 Å². The van der Waals surface area contributed by atoms with Crippen LogP contribution in [0, 0.1) is 5.41 Å². The molecule has 2 aliphatic rings. The van der Waals surface area contributed by atoms with Gasteiger partial charge in [-0.15, -0.1) is 0 Å². The molecule has 0 unspecified atom stereocenters. The number of amides is 2. The average Bonchev–Trinajstić information content (AvgIpc) is 3.00. The van der Waals surface area contributed by atoms with E-state index in [2.05, 4.69) is 5.32 Å². The number of hydrogen-bond acceptors (Lipinski definition) is 6. The van der Waals surface area contributed by atoms with Gasteiger partial charge in [-0.2, -0.15) is 0 Å². The number of hydrogen-bond donors (Lipinski definition) is 1. The summed E-state index contributed by atoms with van der Waals surface area (Å²) in [4.78, 5) is 38.8. The van der Waals surface area contributed by atoms with Crippen LogP contribution in [0.5, 0.6) is 11.5 Å². The molecule has 0 saturated carbocycles. The summed E-state index contributed by atoms with van der Waals surface area (Å²) < 4.78 is 11.0. The first kappa shape index (κ1) is 20.3. The smallest absolute Gasteiger partial charge is 0.247 e. The van der Waals surface area contributed by atoms with Gasteiger partial charge in [0.15, 0.2) is 17.3 Å². The highest BCUT2D eigenvalue weighted by Gasteiger charge is 2.35. The monoisotopic (exact) mass is 404 g/mol. The summed E-state index contributed by atoms with van der Waals surface area (Å²) in [6.45, 7) is 8.04. The quantitative estimate of drug-likeness (QED) is 0.777. The lowest BCUT2D eigenvalue weighted by molar-refractivity contribution is -0.132. The number of fused-ring (bicyclic) bond motifs is 1. The predicted octanol–water partition coefficient (Wildman–Crippen LogP) is 2.82. The van der Waals surface area contributed by atoms with Gasteiger partial charge in [0.2, 0.25) is 11.8 Å². The zero-order valence-electron chi connectivity index (χ0n) is 16.4. The largest absolute Gasteiger partial charge is 0.486 e. The van der Waals surface area contributed by atoms with Gasteiger partial charge < -0.3 is 14.8 Å². The molecule has 2 aliphatic heterocycles. The first-order valence-corrected chi connectivity index (χ1v) is 10.1. The van der Waals surface area contributed by atoms with Crippen molar-refractivity contribution in [1.82, 2.24) is 4.90 Å². The Balaban J connectivity index is 1.75. The van der Waals surface area contributed by atoms with E-state index in [0.29, 0.717) is 35.4 Å². The Bertz CT molecular complexity index is 843. The van der Waals surface area contributed by atoms with Crippen LogP contribution in [0.2, 0.25) is 0 Å². The third-order valence-corrected chi connectivity index (χ3v) is 5.42. The van der Waals surface area contributed by atoms with E-state index in [9.17, 15) is 14.4 Å². The normalized spacial score (nSPS) is 18.9. The molecule has 150 valence electrons. The Morgan fingerprint density at radius 1 is 1.21 bits per heavy atom. The molecule has 1 fully saturated rings. The zero-order chi connectivity index (χ0) is 20.5. The summed E-state index contributed by atoms with van der Waals surface area (Å²) in [5, 5.41) is 3.31. The van der Waals surface area contributed by atoms with Crippen LogP contribution < -0.4 is 14.8 Å². The van der Waals surface area contributed by atoms with E-state index in [1.807, 2.05) is 20.8 Å². The van der Waals surface area contributed by atoms with Gasteiger partial charge in [-0.1, -0.05) is 32.5 Å². The van der Waals surface area contributed by atoms with Crippen LogP contribution in [0.15, 0.2) is 29.3 Å². The molecule has 0 radical (unpaired) electrons. The Labute approximate surface area is 168 Å². The van der Waals surface area contributed by atoms with E-state index >= 15 is 0 Å². The topological polar surface area (TPSA) is 84.9 Å². The first-order valence-electron chi connectivity index (χ1n) is 9.08. The van der Waals surface area contributed by atoms with Gasteiger partial charge in [0, 0.05) is 23.2 Å². The van der Waals surface area contributed by atoms with Gasteiger partial charge in [-0.25, -0.2) is 0 Å². The molecule has 8 heteroatoms. The fourth-order valence-corrected chi connectivity index (χ4v) is 3.73. The van der Waals surface area contributed by atoms with E-state index < -0.39 is 11.5 Å². The standard InChI is InChI=1S/C20H24N2O5S/c1-12(22-17(24)11-28-18(22)10-16(23)20(2,3)4)19(25)21-13-5-6-14-15(9-13)27-8-7-26-14/h5-6,9-10,12H,7-8,11H2,1-4H3,(H,21,25)/b18-10-/t12-/m0/s1. The molecular formula is C20H24N2O5S. The molecule has 7 nitrogen and oxygen atoms in total. The van der Waals surface area contributed by atoms with Crippen molar-refractivity contribution in [3.05, 3.63) is 29.3 Å². The summed E-state index contributed by atoms with van der Waals surface area (Å²) in [6, 6.07) is 4.39. The van der Waals surface area contributed by atoms with Gasteiger partial charge in [0.1, 0.15) is 19.3 Å². The van der Waals surface area contributed by atoms with Crippen molar-refractivity contribution in [2.24, 2.45) is 5.41 Å². The third kappa shape index (κ3) is 4.32. The van der Waals surface area contributed by atoms with Gasteiger partial charge in [-0.3, -0.25) is 19.3 Å². The molecular weight excluding hydrogens is 380 g/mol. The molecule has 1 aromatic carbocycles. The summed E-state index contributed by atoms with van der Waals surface area (Å²) >= 11 is 1.27. The van der Waals surface area contributed by atoms with Crippen molar-refractivity contribution in [3.8, 4) is 11.5 Å². The highest BCUT2D eigenvalue weighted by atomic mass is 32.2. The van der Waals surface area contributed by atoms with Crippen LogP contribution in [-0.4, -0.2) is 47.5 Å². The lowest BCUT2D eigenvalue weighted by Gasteiger charge is -2.25. The molecule has 1 saturated heterocycles. The Morgan fingerprint density at radius 2 is 1.89 bits per heavy atom. The first-order chi connectivity index (χ1) is 13.2. The number of allylic oxidation sites excluding steroid dienone is 1. The van der Waals surface area contributed by atoms with Gasteiger partial charge in [0.05, 0.1) is 10.8 Å². The molecule has 2 heterocycles. The number of carbonyl (C=O) groups excluding carboxylic acids is 3. The summed E-state index contributed by atoms with van der Waals surface area (Å²) in [5.41, 5.74) is -0.00150. The highest BCUT2D eigenvalue weighted by Crippen LogP contribution is 2.34. The molecule has 1 atom stereocenters. The summed E-state index contributed by atoms with van der Waals surface area (Å²) in [7, 11) is 0. The van der Waals surface area contributed by atoms with Crippen molar-refractivity contribution in [1.29, 1.82) is 0 Å². The summed E-state index contributed by atoms with van der Waals surface area (Å²) in [5.74, 6) is 0.791. The van der Waals surface area contributed by atoms with Crippen LogP contribution in [0.4, 0.5) is 5.69 Å². The summed E-state index contributed by atoms with van der Waals surface area (Å²) in [6.07, 6.45) is 1.46. The van der Waals surface area contributed by atoms with E-state index in [0.717, 1.165) is 0 Å². The molecule has 1 N–H and O–H groups in total. The predicted molar refractivity (Wildman–Crippen MR) is 107 cm³/mol. The number of benzene rings is 1. The van der Waals surface area contributed by atoms with Crippen molar-refractivity contribution in [2.75, 3.05) is 24.3 Å². The van der Waals surface area contributed by atoms with E-state index in [1.165, 1.54) is 22.7 Å². The maximum Gasteiger partial charge on any atom is 0.247 e. The lowest BCUT2D eigenvalue weighted by Crippen LogP contribution is -2.42. The number of nitrogens with one attached hydrogen (secondary N) is 1. The van der Waals surface area contributed by atoms with Gasteiger partial charge in [-0.05, 0) is 19.1 Å². The Kier molecular flexibility index (Phi) is 5.69. The lowest BCUT2D eigenvalue weighted by atomic mass is 9.91. The fraction of sp³-hybridized carbons (Fsp3) is 0.450. The van der Waals surface area contributed by atoms with Crippen molar-refractivity contribution >= 4 is 35.0 Å². The number of rotatable bonds is 4. The Hall–Kier alpha value is -2.48. The maximum atomic E-state index is 12.7. The second-order valence-electron chi connectivity index (χ2n) is 7.67. The minimum Gasteiger partial charge on any atom is -0.486 e. The minimum absolute atomic E-state index is 0.0888. The number of thioether (sulfide) groups is 1. The zero-order valence-corrected chi connectivity index (χ0v) is 17.2. The fourth-order valence-electron chi connectivity index (χ4n) is 2.73. The second-order valence-corrected chi connectivity index (χ2v) is 8.67. The Morgan fingerprint density at radius 3 is 2.57 bits per heavy atom. The molecule has 1 aromatic rings. The third-order valence-electron chi connectivity index (χ3n) is 4.42. The van der Waals surface area contributed by atoms with Gasteiger partial charge in [0.25, 0.3) is 0 Å². The number of anilines is 1. The van der Waals surface area contributed by atoms with E-state index in [4.69, 9.17) is 9.47 Å². The van der Waals surface area contributed by atoms with Crippen molar-refractivity contribution < 1.29 is 23.9 Å². The van der Waals surface area contributed by atoms with E-state index in [-0.39, 0.29) is 23.4 Å². The molecule has 2 amide bonds. The SMILES string of the molecule is C[C@@H](C(=O)Nc1ccc2c(c1)OCCO2)N1C(=O)CS/C1=C\C(=O)C(C)(C)C. The molecule has 0 spiro atoms. The van der Waals surface area contributed by atoms with Crippen molar-refractivity contribution in [2.45, 2.75) is 33.7 Å². The van der Waals surface area contributed by atoms with Crippen LogP contribution >= 0.6 is 11.8 Å². The van der Waals surface area contributed by atoms with Crippen LogP contribution in [0.1, 0.15) is 27.7 Å². The number of ketones is 1. The number of ether oxygens (including phenoxy) is 2.